The van der Waals surface area contributed by atoms with Crippen LogP contribution in [0.2, 0.25) is 0 Å². The van der Waals surface area contributed by atoms with Gasteiger partial charge in [-0.1, -0.05) is 12.1 Å². The van der Waals surface area contributed by atoms with Crippen LogP contribution < -0.4 is 15.4 Å². The summed E-state index contributed by atoms with van der Waals surface area (Å²) in [5, 5.41) is 6.73. The summed E-state index contributed by atoms with van der Waals surface area (Å²) in [5.74, 6) is 1.85. The van der Waals surface area contributed by atoms with Crippen LogP contribution in [0.4, 0.5) is 11.6 Å². The van der Waals surface area contributed by atoms with Crippen molar-refractivity contribution in [3.63, 3.8) is 0 Å². The average molecular weight is 296 g/mol. The second kappa shape index (κ2) is 5.57. The van der Waals surface area contributed by atoms with Gasteiger partial charge in [0.25, 0.3) is 0 Å². The molecule has 5 heteroatoms. The second-order valence-electron chi connectivity index (χ2n) is 6.21. The molecule has 1 aromatic heterocycles. The van der Waals surface area contributed by atoms with E-state index in [1.54, 1.807) is 6.20 Å². The van der Waals surface area contributed by atoms with Gasteiger partial charge in [0.15, 0.2) is 0 Å². The van der Waals surface area contributed by atoms with Crippen LogP contribution >= 0.6 is 0 Å². The summed E-state index contributed by atoms with van der Waals surface area (Å²) >= 11 is 0. The van der Waals surface area contributed by atoms with E-state index in [1.165, 1.54) is 12.0 Å². The van der Waals surface area contributed by atoms with Gasteiger partial charge in [-0.05, 0) is 37.5 Å². The quantitative estimate of drug-likeness (QED) is 0.908. The van der Waals surface area contributed by atoms with Crippen molar-refractivity contribution in [3.05, 3.63) is 42.1 Å². The lowest BCUT2D eigenvalue weighted by Gasteiger charge is -2.23. The van der Waals surface area contributed by atoms with E-state index in [-0.39, 0.29) is 6.10 Å². The van der Waals surface area contributed by atoms with E-state index in [9.17, 15) is 0 Å². The third kappa shape index (κ3) is 2.76. The van der Waals surface area contributed by atoms with Crippen molar-refractivity contribution >= 4 is 11.6 Å². The standard InChI is InChI=1S/C17H20N4O/c1-11-3-2-4-13(7-11)20-17-18-6-5-16(21-17)22-15-9-14-8-12(15)10-19-14/h2-7,12,14-15,19H,8-10H2,1H3,(H,18,20,21)/t12-,14-,15-/m1/s1. The Labute approximate surface area is 130 Å². The monoisotopic (exact) mass is 296 g/mol. The van der Waals surface area contributed by atoms with E-state index in [2.05, 4.69) is 39.7 Å². The highest BCUT2D eigenvalue weighted by molar-refractivity contribution is 5.54. The Morgan fingerprint density at radius 2 is 2.23 bits per heavy atom. The fraction of sp³-hybridized carbons (Fsp3) is 0.412. The maximum absolute atomic E-state index is 6.08. The molecule has 1 saturated carbocycles. The number of hydrogen-bond acceptors (Lipinski definition) is 5. The van der Waals surface area contributed by atoms with E-state index < -0.39 is 0 Å². The number of nitrogens with one attached hydrogen (secondary N) is 2. The number of piperidine rings is 1. The van der Waals surface area contributed by atoms with Gasteiger partial charge in [0.1, 0.15) is 6.10 Å². The van der Waals surface area contributed by atoms with Gasteiger partial charge in [-0.15, -0.1) is 0 Å². The molecule has 0 amide bonds. The topological polar surface area (TPSA) is 59.1 Å². The summed E-state index contributed by atoms with van der Waals surface area (Å²) in [4.78, 5) is 8.75. The molecule has 1 aliphatic carbocycles. The number of hydrogen-bond donors (Lipinski definition) is 2. The molecular weight excluding hydrogens is 276 g/mol. The fourth-order valence-corrected chi connectivity index (χ4v) is 3.41. The first-order valence-electron chi connectivity index (χ1n) is 7.83. The molecule has 1 saturated heterocycles. The van der Waals surface area contributed by atoms with Crippen molar-refractivity contribution < 1.29 is 4.74 Å². The lowest BCUT2D eigenvalue weighted by atomic mass is 10.1. The van der Waals surface area contributed by atoms with Gasteiger partial charge >= 0.3 is 0 Å². The molecule has 2 bridgehead atoms. The zero-order valence-electron chi connectivity index (χ0n) is 12.6. The summed E-state index contributed by atoms with van der Waals surface area (Å²) in [5.41, 5.74) is 2.19. The molecule has 4 rings (SSSR count). The molecule has 114 valence electrons. The average Bonchev–Trinajstić information content (AvgIpc) is 3.10. The van der Waals surface area contributed by atoms with Crippen LogP contribution in [0, 0.1) is 12.8 Å². The molecule has 22 heavy (non-hydrogen) atoms. The van der Waals surface area contributed by atoms with Gasteiger partial charge in [-0.25, -0.2) is 4.98 Å². The predicted molar refractivity (Wildman–Crippen MR) is 85.4 cm³/mol. The molecule has 0 unspecified atom stereocenters. The van der Waals surface area contributed by atoms with Gasteiger partial charge in [-0.3, -0.25) is 0 Å². The highest BCUT2D eigenvalue weighted by Gasteiger charge is 2.41. The Balaban J connectivity index is 1.46. The minimum atomic E-state index is 0.285. The SMILES string of the molecule is Cc1cccc(Nc2nccc(O[C@@H]3C[C@H]4C[C@@H]3CN4)n2)c1. The molecule has 2 heterocycles. The zero-order valence-corrected chi connectivity index (χ0v) is 12.6. The first-order chi connectivity index (χ1) is 10.8. The van der Waals surface area contributed by atoms with Gasteiger partial charge in [-0.2, -0.15) is 4.98 Å². The Hall–Kier alpha value is -2.14. The minimum absolute atomic E-state index is 0.285. The number of anilines is 2. The van der Waals surface area contributed by atoms with Gasteiger partial charge in [0, 0.05) is 36.5 Å². The van der Waals surface area contributed by atoms with Crippen LogP contribution in [0.3, 0.4) is 0 Å². The number of rotatable bonds is 4. The van der Waals surface area contributed by atoms with E-state index >= 15 is 0 Å². The van der Waals surface area contributed by atoms with Crippen LogP contribution in [0.5, 0.6) is 5.88 Å². The molecule has 0 spiro atoms. The number of nitrogens with zero attached hydrogens (tertiary/aromatic N) is 2. The molecule has 2 aromatic rings. The second-order valence-corrected chi connectivity index (χ2v) is 6.21. The highest BCUT2D eigenvalue weighted by Crippen LogP contribution is 2.33. The van der Waals surface area contributed by atoms with Crippen molar-refractivity contribution in [2.24, 2.45) is 5.92 Å². The van der Waals surface area contributed by atoms with Gasteiger partial charge in [0.05, 0.1) is 0 Å². The van der Waals surface area contributed by atoms with Crippen molar-refractivity contribution in [1.29, 1.82) is 0 Å². The predicted octanol–water partition coefficient (Wildman–Crippen LogP) is 2.66. The molecule has 5 nitrogen and oxygen atoms in total. The van der Waals surface area contributed by atoms with Gasteiger partial charge in [0.2, 0.25) is 11.8 Å². The Bertz CT molecular complexity index is 675. The maximum atomic E-state index is 6.08. The van der Waals surface area contributed by atoms with Crippen LogP contribution in [0.1, 0.15) is 18.4 Å². The van der Waals surface area contributed by atoms with E-state index in [1.807, 2.05) is 18.2 Å². The molecule has 1 aromatic carbocycles. The summed E-state index contributed by atoms with van der Waals surface area (Å²) in [6.45, 7) is 3.13. The zero-order chi connectivity index (χ0) is 14.9. The Kier molecular flexibility index (Phi) is 3.42. The third-order valence-electron chi connectivity index (χ3n) is 4.47. The molecule has 3 atom stereocenters. The first kappa shape index (κ1) is 13.5. The normalized spacial score (nSPS) is 26.1. The lowest BCUT2D eigenvalue weighted by molar-refractivity contribution is 0.140. The maximum Gasteiger partial charge on any atom is 0.230 e. The fourth-order valence-electron chi connectivity index (χ4n) is 3.41. The number of aromatic nitrogens is 2. The number of benzene rings is 1. The molecule has 2 aliphatic rings. The Morgan fingerprint density at radius 3 is 3.00 bits per heavy atom. The van der Waals surface area contributed by atoms with Crippen LogP contribution in [-0.4, -0.2) is 28.7 Å². The molecule has 2 N–H and O–H groups in total. The molecule has 1 aliphatic heterocycles. The summed E-state index contributed by atoms with van der Waals surface area (Å²) in [6.07, 6.45) is 4.33. The molecule has 0 radical (unpaired) electrons. The van der Waals surface area contributed by atoms with E-state index in [4.69, 9.17) is 4.74 Å². The van der Waals surface area contributed by atoms with Crippen molar-refractivity contribution in [2.45, 2.75) is 31.9 Å². The van der Waals surface area contributed by atoms with Crippen molar-refractivity contribution in [2.75, 3.05) is 11.9 Å². The summed E-state index contributed by atoms with van der Waals surface area (Å²) < 4.78 is 6.08. The lowest BCUT2D eigenvalue weighted by Crippen LogP contribution is -2.35. The summed E-state index contributed by atoms with van der Waals surface area (Å²) in [6, 6.07) is 10.6. The number of aryl methyl sites for hydroxylation is 1. The summed E-state index contributed by atoms with van der Waals surface area (Å²) in [7, 11) is 0. The number of fused-ring (bicyclic) bond motifs is 2. The molecule has 2 fully saturated rings. The minimum Gasteiger partial charge on any atom is -0.474 e. The van der Waals surface area contributed by atoms with Crippen LogP contribution in [0.15, 0.2) is 36.5 Å². The van der Waals surface area contributed by atoms with E-state index in [0.717, 1.165) is 18.7 Å². The number of ether oxygens (including phenoxy) is 1. The first-order valence-corrected chi connectivity index (χ1v) is 7.83. The van der Waals surface area contributed by atoms with Gasteiger partial charge < -0.3 is 15.4 Å². The van der Waals surface area contributed by atoms with Crippen LogP contribution in [-0.2, 0) is 0 Å². The third-order valence-corrected chi connectivity index (χ3v) is 4.47. The smallest absolute Gasteiger partial charge is 0.230 e. The molecular formula is C17H20N4O. The van der Waals surface area contributed by atoms with Crippen LogP contribution in [0.25, 0.3) is 0 Å². The largest absolute Gasteiger partial charge is 0.474 e. The van der Waals surface area contributed by atoms with E-state index in [0.29, 0.717) is 23.8 Å². The van der Waals surface area contributed by atoms with Crippen molar-refractivity contribution in [3.8, 4) is 5.88 Å². The Morgan fingerprint density at radius 1 is 1.27 bits per heavy atom. The van der Waals surface area contributed by atoms with Crippen molar-refractivity contribution in [1.82, 2.24) is 15.3 Å². The highest BCUT2D eigenvalue weighted by atomic mass is 16.5.